The second-order valence-corrected chi connectivity index (χ2v) is 3.80. The van der Waals surface area contributed by atoms with Crippen LogP contribution in [-0.4, -0.2) is 5.78 Å². The van der Waals surface area contributed by atoms with Crippen LogP contribution in [0.5, 0.6) is 0 Å². The molecule has 0 radical (unpaired) electrons. The zero-order chi connectivity index (χ0) is 10.3. The average Bonchev–Trinajstić information content (AvgIpc) is 2.30. The highest BCUT2D eigenvalue weighted by Gasteiger charge is 2.20. The summed E-state index contributed by atoms with van der Waals surface area (Å²) in [6.07, 6.45) is 0.535. The lowest BCUT2D eigenvalue weighted by molar-refractivity contribution is 0.0992. The van der Waals surface area contributed by atoms with Gasteiger partial charge in [0, 0.05) is 12.0 Å². The van der Waals surface area contributed by atoms with Gasteiger partial charge in [0.1, 0.15) is 0 Å². The second kappa shape index (κ2) is 3.06. The van der Waals surface area contributed by atoms with E-state index in [-0.39, 0.29) is 5.78 Å². The van der Waals surface area contributed by atoms with E-state index in [1.54, 1.807) is 0 Å². The number of Topliss-reactive ketones (excluding diaryl/α,β-unsaturated/α-hetero) is 1. The van der Waals surface area contributed by atoms with Crippen LogP contribution in [-0.2, 0) is 6.42 Å². The van der Waals surface area contributed by atoms with Gasteiger partial charge in [0.15, 0.2) is 5.78 Å². The molecule has 1 nitrogen and oxygen atoms in total. The third-order valence-electron chi connectivity index (χ3n) is 2.89. The molecule has 1 aliphatic rings. The molecule has 0 bridgehead atoms. The summed E-state index contributed by atoms with van der Waals surface area (Å²) >= 11 is 0. The fourth-order valence-corrected chi connectivity index (χ4v) is 2.17. The van der Waals surface area contributed by atoms with Gasteiger partial charge in [-0.15, -0.1) is 0 Å². The maximum atomic E-state index is 11.8. The molecular weight excluding hydrogens is 184 g/mol. The quantitative estimate of drug-likeness (QED) is 0.629. The van der Waals surface area contributed by atoms with E-state index in [1.165, 1.54) is 5.56 Å². The summed E-state index contributed by atoms with van der Waals surface area (Å²) in [5.74, 6) is 0.226. The molecule has 0 unspecified atom stereocenters. The van der Waals surface area contributed by atoms with E-state index in [0.717, 1.165) is 16.7 Å². The van der Waals surface area contributed by atoms with Crippen LogP contribution < -0.4 is 0 Å². The molecule has 0 spiro atoms. The number of fused-ring (bicyclic) bond motifs is 3. The molecule has 0 saturated carbocycles. The minimum absolute atomic E-state index is 0.226. The first-order valence-corrected chi connectivity index (χ1v) is 5.07. The van der Waals surface area contributed by atoms with Crippen molar-refractivity contribution in [2.45, 2.75) is 6.42 Å². The third kappa shape index (κ3) is 1.20. The lowest BCUT2D eigenvalue weighted by Crippen LogP contribution is -2.11. The van der Waals surface area contributed by atoms with Crippen LogP contribution in [0.4, 0.5) is 0 Å². The minimum Gasteiger partial charge on any atom is -0.294 e. The molecule has 0 aliphatic heterocycles. The van der Waals surface area contributed by atoms with Gasteiger partial charge >= 0.3 is 0 Å². The third-order valence-corrected chi connectivity index (χ3v) is 2.89. The summed E-state index contributed by atoms with van der Waals surface area (Å²) in [6, 6.07) is 16.0. The zero-order valence-electron chi connectivity index (χ0n) is 8.23. The first kappa shape index (κ1) is 8.42. The smallest absolute Gasteiger partial charge is 0.167 e. The van der Waals surface area contributed by atoms with Crippen molar-refractivity contribution < 1.29 is 4.79 Å². The summed E-state index contributed by atoms with van der Waals surface area (Å²) in [7, 11) is 0. The Kier molecular flexibility index (Phi) is 1.72. The fourth-order valence-electron chi connectivity index (χ4n) is 2.17. The van der Waals surface area contributed by atoms with Gasteiger partial charge in [-0.05, 0) is 16.7 Å². The van der Waals surface area contributed by atoms with E-state index < -0.39 is 0 Å². The maximum absolute atomic E-state index is 11.8. The monoisotopic (exact) mass is 194 g/mol. The van der Waals surface area contributed by atoms with Crippen LogP contribution in [0.15, 0.2) is 48.5 Å². The van der Waals surface area contributed by atoms with Gasteiger partial charge in [0.25, 0.3) is 0 Å². The van der Waals surface area contributed by atoms with Crippen molar-refractivity contribution >= 4 is 5.78 Å². The van der Waals surface area contributed by atoms with E-state index in [1.807, 2.05) is 42.5 Å². The summed E-state index contributed by atoms with van der Waals surface area (Å²) in [4.78, 5) is 11.8. The Morgan fingerprint density at radius 1 is 0.733 bits per heavy atom. The highest BCUT2D eigenvalue weighted by atomic mass is 16.1. The topological polar surface area (TPSA) is 17.1 Å². The molecule has 0 aromatic heterocycles. The maximum Gasteiger partial charge on any atom is 0.167 e. The molecule has 0 N–H and O–H groups in total. The van der Waals surface area contributed by atoms with E-state index in [0.29, 0.717) is 6.42 Å². The van der Waals surface area contributed by atoms with Gasteiger partial charge in [0.05, 0.1) is 0 Å². The SMILES string of the molecule is O=C1Cc2ccccc2-c2ccccc21. The van der Waals surface area contributed by atoms with Crippen molar-refractivity contribution in [3.63, 3.8) is 0 Å². The van der Waals surface area contributed by atoms with Crippen molar-refractivity contribution in [3.05, 3.63) is 59.7 Å². The van der Waals surface area contributed by atoms with Gasteiger partial charge in [0.2, 0.25) is 0 Å². The van der Waals surface area contributed by atoms with Crippen molar-refractivity contribution in [1.29, 1.82) is 0 Å². The Labute approximate surface area is 88.4 Å². The van der Waals surface area contributed by atoms with Gasteiger partial charge in [-0.25, -0.2) is 0 Å². The molecule has 1 aliphatic carbocycles. The van der Waals surface area contributed by atoms with Gasteiger partial charge in [-0.1, -0.05) is 48.5 Å². The highest BCUT2D eigenvalue weighted by molar-refractivity contribution is 6.07. The fraction of sp³-hybridized carbons (Fsp3) is 0.0714. The highest BCUT2D eigenvalue weighted by Crippen LogP contribution is 2.32. The Balaban J connectivity index is 2.34. The molecule has 0 heterocycles. The molecular formula is C14H10O. The summed E-state index contributed by atoms with van der Waals surface area (Å²) < 4.78 is 0. The lowest BCUT2D eigenvalue weighted by Gasteiger charge is -2.18. The number of benzene rings is 2. The van der Waals surface area contributed by atoms with Crippen LogP contribution in [0.3, 0.4) is 0 Å². The summed E-state index contributed by atoms with van der Waals surface area (Å²) in [5, 5.41) is 0. The van der Waals surface area contributed by atoms with E-state index in [2.05, 4.69) is 6.07 Å². The summed E-state index contributed by atoms with van der Waals surface area (Å²) in [6.45, 7) is 0. The van der Waals surface area contributed by atoms with Crippen molar-refractivity contribution in [2.75, 3.05) is 0 Å². The second-order valence-electron chi connectivity index (χ2n) is 3.80. The van der Waals surface area contributed by atoms with Crippen molar-refractivity contribution in [1.82, 2.24) is 0 Å². The van der Waals surface area contributed by atoms with Crippen molar-refractivity contribution in [2.24, 2.45) is 0 Å². The normalized spacial score (nSPS) is 13.2. The molecule has 0 fully saturated rings. The number of rotatable bonds is 0. The van der Waals surface area contributed by atoms with E-state index in [4.69, 9.17) is 0 Å². The average molecular weight is 194 g/mol. The number of ketones is 1. The van der Waals surface area contributed by atoms with Gasteiger partial charge in [-0.3, -0.25) is 4.79 Å². The molecule has 2 aromatic rings. The Hall–Kier alpha value is -1.89. The van der Waals surface area contributed by atoms with Crippen LogP contribution >= 0.6 is 0 Å². The standard InChI is InChI=1S/C14H10O/c15-14-9-10-5-1-2-6-11(10)12-7-3-4-8-13(12)14/h1-8H,9H2. The molecule has 1 heteroatoms. The number of hydrogen-bond acceptors (Lipinski definition) is 1. The van der Waals surface area contributed by atoms with Crippen LogP contribution in [0.2, 0.25) is 0 Å². The van der Waals surface area contributed by atoms with Gasteiger partial charge < -0.3 is 0 Å². The Morgan fingerprint density at radius 3 is 2.13 bits per heavy atom. The molecule has 0 saturated heterocycles. The molecule has 3 rings (SSSR count). The first-order valence-electron chi connectivity index (χ1n) is 5.07. The number of carbonyl (C=O) groups is 1. The van der Waals surface area contributed by atoms with E-state index in [9.17, 15) is 4.79 Å². The Bertz CT molecular complexity index is 541. The number of carbonyl (C=O) groups excluding carboxylic acids is 1. The molecule has 15 heavy (non-hydrogen) atoms. The zero-order valence-corrected chi connectivity index (χ0v) is 8.23. The van der Waals surface area contributed by atoms with Crippen molar-refractivity contribution in [3.8, 4) is 11.1 Å². The van der Waals surface area contributed by atoms with E-state index >= 15 is 0 Å². The Morgan fingerprint density at radius 2 is 1.33 bits per heavy atom. The van der Waals surface area contributed by atoms with Gasteiger partial charge in [-0.2, -0.15) is 0 Å². The van der Waals surface area contributed by atoms with Crippen LogP contribution in [0.1, 0.15) is 15.9 Å². The lowest BCUT2D eigenvalue weighted by atomic mass is 9.85. The summed E-state index contributed by atoms with van der Waals surface area (Å²) in [5.41, 5.74) is 4.27. The predicted molar refractivity (Wildman–Crippen MR) is 59.9 cm³/mol. The predicted octanol–water partition coefficient (Wildman–Crippen LogP) is 3.09. The largest absolute Gasteiger partial charge is 0.294 e. The minimum atomic E-state index is 0.226. The first-order chi connectivity index (χ1) is 7.36. The molecule has 0 amide bonds. The van der Waals surface area contributed by atoms with Crippen LogP contribution in [0, 0.1) is 0 Å². The van der Waals surface area contributed by atoms with Crippen LogP contribution in [0.25, 0.3) is 11.1 Å². The number of hydrogen-bond donors (Lipinski definition) is 0. The molecule has 72 valence electrons. The molecule has 0 atom stereocenters. The molecule has 2 aromatic carbocycles.